The summed E-state index contributed by atoms with van der Waals surface area (Å²) in [4.78, 5) is 41.4. The fourth-order valence-corrected chi connectivity index (χ4v) is 5.32. The molecule has 144 valence electrons. The van der Waals surface area contributed by atoms with Crippen LogP contribution in [-0.2, 0) is 19.9 Å². The molecule has 3 heterocycles. The maximum Gasteiger partial charge on any atom is 0.291 e. The maximum atomic E-state index is 13.5. The van der Waals surface area contributed by atoms with Gasteiger partial charge in [-0.05, 0) is 25.3 Å². The lowest BCUT2D eigenvalue weighted by molar-refractivity contribution is -0.734. The zero-order valence-corrected chi connectivity index (χ0v) is 16.4. The van der Waals surface area contributed by atoms with Gasteiger partial charge < -0.3 is 10.6 Å². The minimum atomic E-state index is -1.03. The summed E-state index contributed by atoms with van der Waals surface area (Å²) in [5.74, 6) is -1.15. The van der Waals surface area contributed by atoms with E-state index >= 15 is 0 Å². The number of quaternary nitrogens is 1. The van der Waals surface area contributed by atoms with Gasteiger partial charge >= 0.3 is 0 Å². The molecule has 5 atom stereocenters. The number of benzene rings is 1. The van der Waals surface area contributed by atoms with Gasteiger partial charge in [-0.2, -0.15) is 0 Å². The normalized spacial score (nSPS) is 33.0. The second-order valence-corrected chi connectivity index (χ2v) is 8.64. The third kappa shape index (κ3) is 2.32. The number of likely N-dealkylation sites (tertiary alicyclic amines) is 1. The van der Waals surface area contributed by atoms with E-state index in [9.17, 15) is 14.4 Å². The number of amides is 3. The molecule has 0 bridgehead atoms. The lowest BCUT2D eigenvalue weighted by Crippen LogP contribution is -2.99. The van der Waals surface area contributed by atoms with Crippen molar-refractivity contribution in [2.45, 2.75) is 58.2 Å². The summed E-state index contributed by atoms with van der Waals surface area (Å²) in [5, 5.41) is 4.98. The average Bonchev–Trinajstić information content (AvgIpc) is 3.19. The highest BCUT2D eigenvalue weighted by Crippen LogP contribution is 2.50. The Hall–Kier alpha value is -2.21. The largest absolute Gasteiger partial charge is 0.326 e. The van der Waals surface area contributed by atoms with Crippen LogP contribution in [0.3, 0.4) is 0 Å². The van der Waals surface area contributed by atoms with E-state index in [-0.39, 0.29) is 29.8 Å². The van der Waals surface area contributed by atoms with E-state index in [1.54, 1.807) is 0 Å². The summed E-state index contributed by atoms with van der Waals surface area (Å²) in [6, 6.07) is 7.34. The van der Waals surface area contributed by atoms with E-state index in [2.05, 4.69) is 19.2 Å². The molecule has 0 aliphatic carbocycles. The van der Waals surface area contributed by atoms with E-state index < -0.39 is 17.4 Å². The van der Waals surface area contributed by atoms with E-state index in [1.165, 1.54) is 4.90 Å². The van der Waals surface area contributed by atoms with Crippen LogP contribution in [0.4, 0.5) is 5.69 Å². The Morgan fingerprint density at radius 2 is 1.85 bits per heavy atom. The fraction of sp³-hybridized carbons (Fsp3) is 0.571. The number of carbonyl (C=O) groups is 3. The van der Waals surface area contributed by atoms with E-state index in [0.717, 1.165) is 17.7 Å². The van der Waals surface area contributed by atoms with Crippen molar-refractivity contribution in [2.75, 3.05) is 5.32 Å². The zero-order chi connectivity index (χ0) is 19.5. The Morgan fingerprint density at radius 1 is 1.15 bits per heavy atom. The molecule has 0 aromatic heterocycles. The number of hydrogen-bond donors (Lipinski definition) is 2. The highest BCUT2D eigenvalue weighted by molar-refractivity contribution is 6.14. The smallest absolute Gasteiger partial charge is 0.291 e. The van der Waals surface area contributed by atoms with Crippen LogP contribution >= 0.6 is 0 Å². The number of rotatable bonds is 4. The van der Waals surface area contributed by atoms with Crippen LogP contribution in [-0.4, -0.2) is 34.7 Å². The Morgan fingerprint density at radius 3 is 2.52 bits per heavy atom. The fourth-order valence-electron chi connectivity index (χ4n) is 5.32. The molecular formula is C21H28N3O3+. The first-order valence-corrected chi connectivity index (χ1v) is 9.96. The van der Waals surface area contributed by atoms with Crippen molar-refractivity contribution in [1.29, 1.82) is 0 Å². The van der Waals surface area contributed by atoms with Crippen LogP contribution < -0.4 is 10.6 Å². The summed E-state index contributed by atoms with van der Waals surface area (Å²) in [7, 11) is 0. The number of nitrogens with one attached hydrogen (secondary N) is 1. The predicted octanol–water partition coefficient (Wildman–Crippen LogP) is 1.23. The molecule has 3 amide bonds. The van der Waals surface area contributed by atoms with Gasteiger partial charge in [0.15, 0.2) is 0 Å². The highest BCUT2D eigenvalue weighted by atomic mass is 16.2. The minimum Gasteiger partial charge on any atom is -0.326 e. The first kappa shape index (κ1) is 18.2. The maximum absolute atomic E-state index is 13.5. The quantitative estimate of drug-likeness (QED) is 0.782. The zero-order valence-electron chi connectivity index (χ0n) is 16.4. The number of carbonyl (C=O) groups excluding carboxylic acids is 3. The second-order valence-electron chi connectivity index (χ2n) is 8.64. The molecule has 3 N–H and O–H groups in total. The molecule has 2 fully saturated rings. The van der Waals surface area contributed by atoms with Crippen molar-refractivity contribution in [2.24, 2.45) is 17.8 Å². The first-order chi connectivity index (χ1) is 12.8. The van der Waals surface area contributed by atoms with Gasteiger partial charge in [0.2, 0.25) is 17.4 Å². The number of fused-ring (bicyclic) bond motifs is 4. The Kier molecular flexibility index (Phi) is 4.14. The van der Waals surface area contributed by atoms with Crippen LogP contribution in [0.25, 0.3) is 0 Å². The minimum absolute atomic E-state index is 0.0718. The third-order valence-electron chi connectivity index (χ3n) is 6.59. The summed E-state index contributed by atoms with van der Waals surface area (Å²) < 4.78 is 0. The third-order valence-corrected chi connectivity index (χ3v) is 6.59. The monoisotopic (exact) mass is 370 g/mol. The number of anilines is 1. The van der Waals surface area contributed by atoms with Crippen LogP contribution in [0.1, 0.15) is 46.1 Å². The van der Waals surface area contributed by atoms with Crippen LogP contribution in [0.15, 0.2) is 24.3 Å². The number of nitrogens with zero attached hydrogens (tertiary/aromatic N) is 1. The van der Waals surface area contributed by atoms with Gasteiger partial charge in [0.05, 0.1) is 5.69 Å². The van der Waals surface area contributed by atoms with Gasteiger partial charge in [-0.1, -0.05) is 39.0 Å². The number of para-hydroxylation sites is 1. The van der Waals surface area contributed by atoms with Gasteiger partial charge in [0.1, 0.15) is 17.9 Å². The molecule has 6 heteroatoms. The second kappa shape index (κ2) is 6.16. The molecule has 0 saturated carbocycles. The molecule has 6 nitrogen and oxygen atoms in total. The van der Waals surface area contributed by atoms with Crippen molar-refractivity contribution in [1.82, 2.24) is 4.90 Å². The van der Waals surface area contributed by atoms with Gasteiger partial charge in [-0.3, -0.25) is 19.3 Å². The number of imide groups is 1. The Labute approximate surface area is 159 Å². The number of hydrogen-bond acceptors (Lipinski definition) is 3. The molecule has 1 spiro atoms. The topological polar surface area (TPSA) is 83.1 Å². The summed E-state index contributed by atoms with van der Waals surface area (Å²) in [5.41, 5.74) is 0.559. The van der Waals surface area contributed by atoms with Crippen LogP contribution in [0.5, 0.6) is 0 Å². The molecule has 1 aromatic carbocycles. The standard InChI is InChI=1S/C21H27N3O3/c1-5-12(4)24-18(25)16-15(10-11(2)3)23-21(17(16)19(24)26)13-8-6-7-9-14(13)22-20(21)27/h6-9,11-12,15-17,23H,5,10H2,1-4H3,(H,22,27)/p+1/t12-,15-,16+,17-,21+/m0/s1. The van der Waals surface area contributed by atoms with Gasteiger partial charge in [-0.15, -0.1) is 0 Å². The molecule has 3 aliphatic rings. The lowest BCUT2D eigenvalue weighted by Gasteiger charge is -2.28. The SMILES string of the molecule is CC[C@H](C)N1C(=O)[C@@H]2[C@H](CC(C)C)[NH2+][C@@]3(C(=O)Nc4ccccc43)[C@@H]2C1=O. The summed E-state index contributed by atoms with van der Waals surface area (Å²) >= 11 is 0. The Bertz CT molecular complexity index is 821. The van der Waals surface area contributed by atoms with Crippen molar-refractivity contribution in [3.05, 3.63) is 29.8 Å². The van der Waals surface area contributed by atoms with Crippen molar-refractivity contribution in [3.8, 4) is 0 Å². The van der Waals surface area contributed by atoms with Gasteiger partial charge in [0.25, 0.3) is 5.91 Å². The molecular weight excluding hydrogens is 342 g/mol. The van der Waals surface area contributed by atoms with Gasteiger partial charge in [-0.25, -0.2) is 0 Å². The van der Waals surface area contributed by atoms with Crippen LogP contribution in [0, 0.1) is 17.8 Å². The molecule has 0 unspecified atom stereocenters. The Balaban J connectivity index is 1.87. The average molecular weight is 370 g/mol. The van der Waals surface area contributed by atoms with E-state index in [0.29, 0.717) is 12.3 Å². The molecule has 27 heavy (non-hydrogen) atoms. The van der Waals surface area contributed by atoms with Crippen molar-refractivity contribution >= 4 is 23.4 Å². The molecule has 4 rings (SSSR count). The van der Waals surface area contributed by atoms with Crippen molar-refractivity contribution in [3.63, 3.8) is 0 Å². The highest BCUT2D eigenvalue weighted by Gasteiger charge is 2.74. The van der Waals surface area contributed by atoms with E-state index in [4.69, 9.17) is 0 Å². The molecule has 0 radical (unpaired) electrons. The van der Waals surface area contributed by atoms with Crippen molar-refractivity contribution < 1.29 is 19.7 Å². The predicted molar refractivity (Wildman–Crippen MR) is 101 cm³/mol. The van der Waals surface area contributed by atoms with Gasteiger partial charge in [0, 0.05) is 18.0 Å². The molecule has 2 saturated heterocycles. The molecule has 3 aliphatic heterocycles. The van der Waals surface area contributed by atoms with Crippen LogP contribution in [0.2, 0.25) is 0 Å². The first-order valence-electron chi connectivity index (χ1n) is 9.96. The lowest BCUT2D eigenvalue weighted by atomic mass is 9.76. The summed E-state index contributed by atoms with van der Waals surface area (Å²) in [6.45, 7) is 8.12. The number of nitrogens with two attached hydrogens (primary N) is 1. The molecule has 1 aromatic rings. The van der Waals surface area contributed by atoms with E-state index in [1.807, 2.05) is 43.4 Å². The summed E-state index contributed by atoms with van der Waals surface area (Å²) in [6.07, 6.45) is 1.51.